The molecule has 1 N–H and O–H groups in total. The van der Waals surface area contributed by atoms with E-state index in [9.17, 15) is 0 Å². The summed E-state index contributed by atoms with van der Waals surface area (Å²) in [5.74, 6) is 0. The van der Waals surface area contributed by atoms with Crippen LogP contribution in [0, 0.1) is 8.34 Å². The fourth-order valence-electron chi connectivity index (χ4n) is 2.58. The van der Waals surface area contributed by atoms with Crippen LogP contribution in [0.2, 0.25) is 0 Å². The van der Waals surface area contributed by atoms with Crippen LogP contribution >= 0.6 is 34.8 Å². The summed E-state index contributed by atoms with van der Waals surface area (Å²) in [5, 5.41) is 0. The maximum Gasteiger partial charge on any atom is 0.178 e. The highest BCUT2D eigenvalue weighted by atomic mass is 127. The molecule has 94 valence electrons. The zero-order valence-corrected chi connectivity index (χ0v) is 13.1. The predicted octanol–water partition coefficient (Wildman–Crippen LogP) is 4.80. The Balaban J connectivity index is 1.91. The van der Waals surface area contributed by atoms with E-state index in [0.29, 0.717) is 0 Å². The molecule has 18 heavy (non-hydrogen) atoms. The van der Waals surface area contributed by atoms with Crippen LogP contribution in [0.5, 0.6) is 0 Å². The molecule has 1 aliphatic rings. The molecule has 3 rings (SSSR count). The fourth-order valence-corrected chi connectivity index (χ4v) is 3.37. The van der Waals surface area contributed by atoms with Crippen molar-refractivity contribution in [3.8, 4) is 0 Å². The van der Waals surface area contributed by atoms with Crippen LogP contribution < -0.4 is 0 Å². The largest absolute Gasteiger partial charge is 0.331 e. The highest BCUT2D eigenvalue weighted by Crippen LogP contribution is 2.23. The zero-order chi connectivity index (χ0) is 12.5. The van der Waals surface area contributed by atoms with E-state index in [4.69, 9.17) is 12.2 Å². The number of benzene rings is 1. The maximum absolute atomic E-state index is 5.42. The second-order valence-corrected chi connectivity index (χ2v) is 6.38. The number of allylic oxidation sites excluding steroid dienone is 2. The molecule has 0 saturated carbocycles. The van der Waals surface area contributed by atoms with Crippen molar-refractivity contribution in [3.05, 3.63) is 38.2 Å². The molecule has 1 heterocycles. The number of nitrogens with zero attached hydrogens (tertiary/aromatic N) is 1. The van der Waals surface area contributed by atoms with E-state index >= 15 is 0 Å². The van der Waals surface area contributed by atoms with Crippen LogP contribution in [0.3, 0.4) is 0 Å². The van der Waals surface area contributed by atoms with Gasteiger partial charge in [0.2, 0.25) is 0 Å². The molecule has 0 aliphatic heterocycles. The first-order valence-corrected chi connectivity index (χ1v) is 7.79. The molecule has 1 aromatic heterocycles. The molecule has 2 aromatic rings. The van der Waals surface area contributed by atoms with E-state index in [1.165, 1.54) is 28.3 Å². The minimum Gasteiger partial charge on any atom is -0.331 e. The Morgan fingerprint density at radius 3 is 3.06 bits per heavy atom. The lowest BCUT2D eigenvalue weighted by Gasteiger charge is -2.05. The minimum absolute atomic E-state index is 0.839. The van der Waals surface area contributed by atoms with Crippen molar-refractivity contribution in [3.63, 3.8) is 0 Å². The lowest BCUT2D eigenvalue weighted by Crippen LogP contribution is -1.98. The van der Waals surface area contributed by atoms with Gasteiger partial charge in [0.1, 0.15) is 0 Å². The molecular formula is C14H15IN2S. The number of hydrogen-bond donors (Lipinski definition) is 1. The molecule has 0 bridgehead atoms. The van der Waals surface area contributed by atoms with Gasteiger partial charge in [-0.2, -0.15) is 0 Å². The number of H-pyrrole nitrogens is 1. The van der Waals surface area contributed by atoms with Crippen molar-refractivity contribution in [2.45, 2.75) is 32.2 Å². The third kappa shape index (κ3) is 2.40. The number of aryl methyl sites for hydroxylation is 1. The summed E-state index contributed by atoms with van der Waals surface area (Å²) in [4.78, 5) is 3.30. The van der Waals surface area contributed by atoms with Crippen molar-refractivity contribution in [2.24, 2.45) is 0 Å². The molecule has 4 heteroatoms. The number of imidazole rings is 1. The van der Waals surface area contributed by atoms with Crippen LogP contribution in [0.4, 0.5) is 0 Å². The molecule has 0 unspecified atom stereocenters. The van der Waals surface area contributed by atoms with Gasteiger partial charge in [0.25, 0.3) is 0 Å². The van der Waals surface area contributed by atoms with Gasteiger partial charge < -0.3 is 9.55 Å². The monoisotopic (exact) mass is 370 g/mol. The number of hydrogen-bond acceptors (Lipinski definition) is 1. The minimum atomic E-state index is 0.839. The molecule has 0 amide bonds. The lowest BCUT2D eigenvalue weighted by atomic mass is 10.1. The van der Waals surface area contributed by atoms with E-state index < -0.39 is 0 Å². The zero-order valence-electron chi connectivity index (χ0n) is 10.1. The summed E-state index contributed by atoms with van der Waals surface area (Å²) in [7, 11) is 0. The Kier molecular flexibility index (Phi) is 3.56. The molecular weight excluding hydrogens is 355 g/mol. The van der Waals surface area contributed by atoms with Crippen molar-refractivity contribution < 1.29 is 0 Å². The van der Waals surface area contributed by atoms with Gasteiger partial charge in [0.15, 0.2) is 4.77 Å². The van der Waals surface area contributed by atoms with Gasteiger partial charge in [-0.1, -0.05) is 11.6 Å². The van der Waals surface area contributed by atoms with Crippen LogP contribution in [-0.2, 0) is 6.54 Å². The molecule has 0 radical (unpaired) electrons. The Labute approximate surface area is 125 Å². The van der Waals surface area contributed by atoms with Crippen molar-refractivity contribution in [1.82, 2.24) is 9.55 Å². The smallest absolute Gasteiger partial charge is 0.178 e. The van der Waals surface area contributed by atoms with Gasteiger partial charge >= 0.3 is 0 Å². The van der Waals surface area contributed by atoms with Gasteiger partial charge in [0.05, 0.1) is 11.0 Å². The van der Waals surface area contributed by atoms with E-state index in [2.05, 4.69) is 56.4 Å². The average Bonchev–Trinajstić information content (AvgIpc) is 2.93. The van der Waals surface area contributed by atoms with Gasteiger partial charge in [0, 0.05) is 10.1 Å². The van der Waals surface area contributed by atoms with E-state index in [0.717, 1.165) is 23.3 Å². The average molecular weight is 370 g/mol. The second kappa shape index (κ2) is 5.17. The number of aromatic amines is 1. The van der Waals surface area contributed by atoms with E-state index in [-0.39, 0.29) is 0 Å². The predicted molar refractivity (Wildman–Crippen MR) is 86.4 cm³/mol. The fraction of sp³-hybridized carbons (Fsp3) is 0.357. The van der Waals surface area contributed by atoms with Gasteiger partial charge in [-0.3, -0.25) is 0 Å². The van der Waals surface area contributed by atoms with Crippen molar-refractivity contribution >= 4 is 45.8 Å². The number of rotatable bonds is 3. The second-order valence-electron chi connectivity index (χ2n) is 4.75. The first kappa shape index (κ1) is 12.4. The first-order chi connectivity index (χ1) is 8.74. The first-order valence-electron chi connectivity index (χ1n) is 6.30. The van der Waals surface area contributed by atoms with E-state index in [1.54, 1.807) is 5.57 Å². The van der Waals surface area contributed by atoms with Crippen LogP contribution in [0.1, 0.15) is 25.7 Å². The maximum atomic E-state index is 5.42. The van der Waals surface area contributed by atoms with Crippen molar-refractivity contribution in [1.29, 1.82) is 0 Å². The molecule has 0 atom stereocenters. The molecule has 0 spiro atoms. The Bertz CT molecular complexity index is 666. The highest BCUT2D eigenvalue weighted by molar-refractivity contribution is 14.1. The molecule has 0 fully saturated rings. The number of fused-ring (bicyclic) bond motifs is 1. The summed E-state index contributed by atoms with van der Waals surface area (Å²) in [6.45, 7) is 0.991. The number of nitrogens with one attached hydrogen (secondary N) is 1. The quantitative estimate of drug-likeness (QED) is 0.468. The van der Waals surface area contributed by atoms with Crippen LogP contribution in [0.15, 0.2) is 29.8 Å². The van der Waals surface area contributed by atoms with Crippen molar-refractivity contribution in [2.75, 3.05) is 0 Å². The summed E-state index contributed by atoms with van der Waals surface area (Å²) in [6.07, 6.45) is 7.38. The van der Waals surface area contributed by atoms with E-state index in [1.807, 2.05) is 0 Å². The van der Waals surface area contributed by atoms with Gasteiger partial charge in [-0.15, -0.1) is 0 Å². The molecule has 1 aliphatic carbocycles. The number of halogens is 1. The Morgan fingerprint density at radius 2 is 2.28 bits per heavy atom. The Morgan fingerprint density at radius 1 is 1.39 bits per heavy atom. The molecule has 1 aromatic carbocycles. The third-order valence-corrected chi connectivity index (χ3v) is 4.52. The van der Waals surface area contributed by atoms with Gasteiger partial charge in [-0.05, 0) is 78.7 Å². The highest BCUT2D eigenvalue weighted by Gasteiger charge is 2.08. The van der Waals surface area contributed by atoms with Crippen LogP contribution in [-0.4, -0.2) is 9.55 Å². The normalized spacial score (nSPS) is 15.3. The number of aromatic nitrogens is 2. The Hall–Kier alpha value is -0.620. The summed E-state index contributed by atoms with van der Waals surface area (Å²) < 4.78 is 4.30. The lowest BCUT2D eigenvalue weighted by molar-refractivity contribution is 0.688. The standard InChI is InChI=1S/C14H15IN2S/c15-11-5-6-13-12(9-11)16-14(18)17(13)8-7-10-3-1-2-4-10/h3,5-6,9H,1-2,4,7-8H2,(H,16,18). The molecule has 2 nitrogen and oxygen atoms in total. The summed E-state index contributed by atoms with van der Waals surface area (Å²) in [5.41, 5.74) is 3.96. The molecule has 0 saturated heterocycles. The topological polar surface area (TPSA) is 20.7 Å². The summed E-state index contributed by atoms with van der Waals surface area (Å²) in [6, 6.07) is 6.44. The van der Waals surface area contributed by atoms with Gasteiger partial charge in [-0.25, -0.2) is 0 Å². The third-order valence-electron chi connectivity index (χ3n) is 3.53. The summed E-state index contributed by atoms with van der Waals surface area (Å²) >= 11 is 7.75. The van der Waals surface area contributed by atoms with Crippen LogP contribution in [0.25, 0.3) is 11.0 Å². The SMILES string of the molecule is S=c1[nH]c2cc(I)ccc2n1CCC1=CCCC1.